The van der Waals surface area contributed by atoms with Crippen molar-refractivity contribution in [2.75, 3.05) is 18.4 Å². The van der Waals surface area contributed by atoms with E-state index in [0.717, 1.165) is 17.8 Å². The van der Waals surface area contributed by atoms with Crippen LogP contribution in [0.2, 0.25) is 5.02 Å². The summed E-state index contributed by atoms with van der Waals surface area (Å²) in [6.07, 6.45) is 1.65. The molecule has 1 saturated heterocycles. The highest BCUT2D eigenvalue weighted by Crippen LogP contribution is 2.28. The van der Waals surface area contributed by atoms with E-state index in [-0.39, 0.29) is 15.5 Å². The van der Waals surface area contributed by atoms with Crippen molar-refractivity contribution in [1.29, 1.82) is 0 Å². The molecule has 2 heterocycles. The minimum Gasteiger partial charge on any atom is -0.296 e. The quantitative estimate of drug-likeness (QED) is 0.871. The van der Waals surface area contributed by atoms with Gasteiger partial charge in [-0.15, -0.1) is 10.2 Å². The van der Waals surface area contributed by atoms with Crippen molar-refractivity contribution in [3.63, 3.8) is 0 Å². The minimum absolute atomic E-state index is 0.0489. The molecule has 1 aliphatic rings. The average Bonchev–Trinajstić information content (AvgIpc) is 3.19. The van der Waals surface area contributed by atoms with Gasteiger partial charge in [0.15, 0.2) is 0 Å². The molecule has 1 aliphatic heterocycles. The van der Waals surface area contributed by atoms with Crippen LogP contribution in [0.15, 0.2) is 23.1 Å². The molecule has 0 aliphatic carbocycles. The lowest BCUT2D eigenvalue weighted by Crippen LogP contribution is -2.28. The smallest absolute Gasteiger partial charge is 0.257 e. The first-order valence-corrected chi connectivity index (χ1v) is 9.92. The average molecular weight is 387 g/mol. The Hall–Kier alpha value is -1.55. The van der Waals surface area contributed by atoms with Crippen molar-refractivity contribution in [2.24, 2.45) is 0 Å². The van der Waals surface area contributed by atoms with Gasteiger partial charge in [0.25, 0.3) is 5.91 Å². The standard InChI is InChI=1S/C14H15ClN4O3S2/c1-9-17-18-14(23-9)16-13(20)10-4-5-11(15)12(8-10)24(21,22)19-6-2-3-7-19/h4-5,8H,2-3,6-7H2,1H3,(H,16,18,20). The molecule has 0 spiro atoms. The van der Waals surface area contributed by atoms with Crippen LogP contribution < -0.4 is 5.32 Å². The number of halogens is 1. The van der Waals surface area contributed by atoms with Gasteiger partial charge in [0.05, 0.1) is 5.02 Å². The number of amides is 1. The van der Waals surface area contributed by atoms with Crippen LogP contribution in [0.5, 0.6) is 0 Å². The summed E-state index contributed by atoms with van der Waals surface area (Å²) < 4.78 is 26.8. The van der Waals surface area contributed by atoms with Gasteiger partial charge in [0.1, 0.15) is 9.90 Å². The van der Waals surface area contributed by atoms with E-state index in [9.17, 15) is 13.2 Å². The Balaban J connectivity index is 1.89. The zero-order valence-corrected chi connectivity index (χ0v) is 15.2. The Labute approximate surface area is 148 Å². The lowest BCUT2D eigenvalue weighted by molar-refractivity contribution is 0.102. The van der Waals surface area contributed by atoms with Crippen LogP contribution in [0.1, 0.15) is 28.2 Å². The number of aromatic nitrogens is 2. The number of carbonyl (C=O) groups is 1. The summed E-state index contributed by atoms with van der Waals surface area (Å²) >= 11 is 7.31. The molecule has 0 atom stereocenters. The van der Waals surface area contributed by atoms with Crippen molar-refractivity contribution in [3.8, 4) is 0 Å². The molecule has 10 heteroatoms. The molecule has 2 aromatic rings. The molecule has 7 nitrogen and oxygen atoms in total. The monoisotopic (exact) mass is 386 g/mol. The molecule has 0 bridgehead atoms. The second-order valence-electron chi connectivity index (χ2n) is 5.34. The van der Waals surface area contributed by atoms with E-state index in [4.69, 9.17) is 11.6 Å². The summed E-state index contributed by atoms with van der Waals surface area (Å²) in [5.74, 6) is -0.458. The summed E-state index contributed by atoms with van der Waals surface area (Å²) in [6.45, 7) is 2.72. The van der Waals surface area contributed by atoms with E-state index >= 15 is 0 Å². The molecule has 0 saturated carbocycles. The fraction of sp³-hybridized carbons (Fsp3) is 0.357. The van der Waals surface area contributed by atoms with E-state index < -0.39 is 15.9 Å². The van der Waals surface area contributed by atoms with Gasteiger partial charge in [-0.3, -0.25) is 10.1 Å². The molecule has 0 unspecified atom stereocenters. The van der Waals surface area contributed by atoms with Crippen LogP contribution in [0, 0.1) is 6.92 Å². The molecule has 0 radical (unpaired) electrons. The number of sulfonamides is 1. The van der Waals surface area contributed by atoms with Crippen LogP contribution in [-0.2, 0) is 10.0 Å². The maximum atomic E-state index is 12.7. The Bertz CT molecular complexity index is 876. The third-order valence-corrected chi connectivity index (χ3v) is 6.76. The van der Waals surface area contributed by atoms with Gasteiger partial charge < -0.3 is 0 Å². The molecule has 1 N–H and O–H groups in total. The molecular weight excluding hydrogens is 372 g/mol. The number of carbonyl (C=O) groups excluding carboxylic acids is 1. The van der Waals surface area contributed by atoms with Gasteiger partial charge in [-0.2, -0.15) is 4.31 Å². The summed E-state index contributed by atoms with van der Waals surface area (Å²) in [5, 5.41) is 11.4. The highest BCUT2D eigenvalue weighted by molar-refractivity contribution is 7.89. The van der Waals surface area contributed by atoms with Crippen LogP contribution in [-0.4, -0.2) is 41.9 Å². The number of rotatable bonds is 4. The lowest BCUT2D eigenvalue weighted by atomic mass is 10.2. The Kier molecular flexibility index (Phi) is 4.86. The maximum Gasteiger partial charge on any atom is 0.257 e. The molecule has 3 rings (SSSR count). The van der Waals surface area contributed by atoms with E-state index in [0.29, 0.717) is 18.2 Å². The fourth-order valence-corrected chi connectivity index (χ4v) is 5.03. The summed E-state index contributed by atoms with van der Waals surface area (Å²) in [4.78, 5) is 12.3. The van der Waals surface area contributed by atoms with Crippen LogP contribution in [0.3, 0.4) is 0 Å². The van der Waals surface area contributed by atoms with Gasteiger partial charge in [0.2, 0.25) is 15.2 Å². The predicted molar refractivity (Wildman–Crippen MR) is 92.0 cm³/mol. The highest BCUT2D eigenvalue weighted by Gasteiger charge is 2.29. The SMILES string of the molecule is Cc1nnc(NC(=O)c2ccc(Cl)c(S(=O)(=O)N3CCCC3)c2)s1. The van der Waals surface area contributed by atoms with Crippen LogP contribution >= 0.6 is 22.9 Å². The lowest BCUT2D eigenvalue weighted by Gasteiger charge is -2.17. The van der Waals surface area contributed by atoms with Crippen molar-refractivity contribution >= 4 is 44.0 Å². The van der Waals surface area contributed by atoms with Gasteiger partial charge in [-0.25, -0.2) is 8.42 Å². The molecule has 1 aromatic heterocycles. The first kappa shape index (κ1) is 17.3. The molecule has 128 valence electrons. The van der Waals surface area contributed by atoms with Crippen LogP contribution in [0.25, 0.3) is 0 Å². The van der Waals surface area contributed by atoms with Gasteiger partial charge >= 0.3 is 0 Å². The second-order valence-corrected chi connectivity index (χ2v) is 8.83. The third-order valence-electron chi connectivity index (χ3n) is 3.62. The fourth-order valence-electron chi connectivity index (χ4n) is 2.43. The summed E-state index contributed by atoms with van der Waals surface area (Å²) in [7, 11) is -3.70. The number of hydrogen-bond donors (Lipinski definition) is 1. The number of anilines is 1. The molecular formula is C14H15ClN4O3S2. The number of nitrogens with zero attached hydrogens (tertiary/aromatic N) is 3. The normalized spacial score (nSPS) is 15.6. The Morgan fingerprint density at radius 3 is 2.62 bits per heavy atom. The van der Waals surface area contributed by atoms with E-state index in [1.807, 2.05) is 0 Å². The zero-order valence-electron chi connectivity index (χ0n) is 12.8. The number of aryl methyl sites for hydroxylation is 1. The van der Waals surface area contributed by atoms with E-state index in [2.05, 4.69) is 15.5 Å². The Morgan fingerprint density at radius 2 is 2.00 bits per heavy atom. The van der Waals surface area contributed by atoms with E-state index in [1.54, 1.807) is 6.92 Å². The largest absolute Gasteiger partial charge is 0.296 e. The summed E-state index contributed by atoms with van der Waals surface area (Å²) in [5.41, 5.74) is 0.199. The summed E-state index contributed by atoms with van der Waals surface area (Å²) in [6, 6.07) is 4.21. The number of hydrogen-bond acceptors (Lipinski definition) is 6. The van der Waals surface area contributed by atoms with Crippen molar-refractivity contribution in [2.45, 2.75) is 24.7 Å². The third kappa shape index (κ3) is 3.44. The Morgan fingerprint density at radius 1 is 1.29 bits per heavy atom. The molecule has 1 aromatic carbocycles. The van der Waals surface area contributed by atoms with Crippen molar-refractivity contribution in [1.82, 2.24) is 14.5 Å². The predicted octanol–water partition coefficient (Wildman–Crippen LogP) is 2.54. The van der Waals surface area contributed by atoms with Gasteiger partial charge in [0, 0.05) is 18.7 Å². The van der Waals surface area contributed by atoms with Gasteiger partial charge in [-0.1, -0.05) is 22.9 Å². The van der Waals surface area contributed by atoms with Crippen LogP contribution in [0.4, 0.5) is 5.13 Å². The molecule has 24 heavy (non-hydrogen) atoms. The van der Waals surface area contributed by atoms with E-state index in [1.165, 1.54) is 33.8 Å². The van der Waals surface area contributed by atoms with Crippen molar-refractivity contribution in [3.05, 3.63) is 33.8 Å². The zero-order chi connectivity index (χ0) is 17.3. The van der Waals surface area contributed by atoms with Gasteiger partial charge in [-0.05, 0) is 38.0 Å². The number of benzene rings is 1. The minimum atomic E-state index is -3.70. The highest BCUT2D eigenvalue weighted by atomic mass is 35.5. The topological polar surface area (TPSA) is 92.3 Å². The number of nitrogens with one attached hydrogen (secondary N) is 1. The molecule has 1 amide bonds. The maximum absolute atomic E-state index is 12.7. The molecule has 1 fully saturated rings. The van der Waals surface area contributed by atoms with Crippen molar-refractivity contribution < 1.29 is 13.2 Å². The first-order valence-electron chi connectivity index (χ1n) is 7.29. The second kappa shape index (κ2) is 6.75. The first-order chi connectivity index (χ1) is 11.4.